The Morgan fingerprint density at radius 3 is 2.47 bits per heavy atom. The smallest absolute Gasteiger partial charge is 0.367 e. The molecule has 36 heavy (non-hydrogen) atoms. The molecule has 0 radical (unpaired) electrons. The maximum atomic E-state index is 12.8. The summed E-state index contributed by atoms with van der Waals surface area (Å²) in [4.78, 5) is 11.2. The topological polar surface area (TPSA) is 116 Å². The van der Waals surface area contributed by atoms with Crippen molar-refractivity contribution in [3.8, 4) is 0 Å². The molecule has 5 rings (SSSR count). The molecule has 2 bridgehead atoms. The Bertz CT molecular complexity index is 1360. The van der Waals surface area contributed by atoms with Gasteiger partial charge in [-0.2, -0.15) is 18.3 Å². The maximum Gasteiger partial charge on any atom is 0.390 e. The lowest BCUT2D eigenvalue weighted by Crippen LogP contribution is -2.47. The number of piperidine rings is 1. The SMILES string of the molecule is Cc1cc(Nc2cc3ncc(S(C)(=O)=O)cc3c(NC3C[C@H]4CC[C@@H](C3)N4CCC(F)(F)F)n2)n[nH]1. The Morgan fingerprint density at radius 2 is 1.86 bits per heavy atom. The molecule has 0 saturated carbocycles. The molecule has 2 aliphatic rings. The van der Waals surface area contributed by atoms with Crippen LogP contribution in [0.15, 0.2) is 29.3 Å². The number of aryl methyl sites for hydroxylation is 1. The van der Waals surface area contributed by atoms with Crippen LogP contribution >= 0.6 is 0 Å². The van der Waals surface area contributed by atoms with E-state index in [1.54, 1.807) is 12.1 Å². The lowest BCUT2D eigenvalue weighted by atomic mass is 9.97. The van der Waals surface area contributed by atoms with Gasteiger partial charge in [0.25, 0.3) is 0 Å². The highest BCUT2D eigenvalue weighted by Gasteiger charge is 2.42. The standard InChI is InChI=1S/C23H28F3N7O2S/c1-13-7-21(32-31-13)29-20-11-19-18(10-17(12-27-19)36(2,34)35)22(30-20)28-14-8-15-3-4-16(9-14)33(15)6-5-23(24,25)26/h7,10-12,14-16H,3-6,8-9H2,1-2H3,(H3,28,29,30,31,32)/t14?,15-,16+. The van der Waals surface area contributed by atoms with E-state index in [1.807, 2.05) is 17.9 Å². The number of alkyl halides is 3. The number of hydrogen-bond acceptors (Lipinski definition) is 8. The first-order chi connectivity index (χ1) is 16.9. The Balaban J connectivity index is 1.43. The van der Waals surface area contributed by atoms with Crippen LogP contribution in [0.4, 0.5) is 30.6 Å². The number of hydrogen-bond donors (Lipinski definition) is 3. The average molecular weight is 524 g/mol. The van der Waals surface area contributed by atoms with Gasteiger partial charge in [0.2, 0.25) is 0 Å². The van der Waals surface area contributed by atoms with Gasteiger partial charge in [-0.15, -0.1) is 0 Å². The number of nitrogens with one attached hydrogen (secondary N) is 3. The summed E-state index contributed by atoms with van der Waals surface area (Å²) in [7, 11) is -3.48. The number of anilines is 3. The van der Waals surface area contributed by atoms with Gasteiger partial charge in [0, 0.05) is 60.3 Å². The van der Waals surface area contributed by atoms with Crippen molar-refractivity contribution in [1.82, 2.24) is 25.1 Å². The Kier molecular flexibility index (Phi) is 6.31. The minimum absolute atomic E-state index is 0.00916. The summed E-state index contributed by atoms with van der Waals surface area (Å²) in [5.74, 6) is 1.55. The first kappa shape index (κ1) is 24.8. The zero-order valence-electron chi connectivity index (χ0n) is 19.9. The van der Waals surface area contributed by atoms with Gasteiger partial charge in [-0.25, -0.2) is 13.4 Å². The third-order valence-electron chi connectivity index (χ3n) is 6.92. The number of H-pyrrole nitrogens is 1. The van der Waals surface area contributed by atoms with Crippen LogP contribution in [0, 0.1) is 6.92 Å². The summed E-state index contributed by atoms with van der Waals surface area (Å²) in [5.41, 5.74) is 1.43. The van der Waals surface area contributed by atoms with Crippen molar-refractivity contribution in [2.75, 3.05) is 23.4 Å². The van der Waals surface area contributed by atoms with Gasteiger partial charge < -0.3 is 10.6 Å². The summed E-state index contributed by atoms with van der Waals surface area (Å²) in [6.07, 6.45) is 0.597. The summed E-state index contributed by atoms with van der Waals surface area (Å²) in [6, 6.07) is 5.25. The number of fused-ring (bicyclic) bond motifs is 3. The van der Waals surface area contributed by atoms with E-state index >= 15 is 0 Å². The molecule has 0 aliphatic carbocycles. The summed E-state index contributed by atoms with van der Waals surface area (Å²) < 4.78 is 62.7. The van der Waals surface area contributed by atoms with E-state index in [1.165, 1.54) is 6.20 Å². The van der Waals surface area contributed by atoms with Crippen LogP contribution in [0.2, 0.25) is 0 Å². The predicted molar refractivity (Wildman–Crippen MR) is 130 cm³/mol. The number of aromatic amines is 1. The van der Waals surface area contributed by atoms with Crippen molar-refractivity contribution < 1.29 is 21.6 Å². The van der Waals surface area contributed by atoms with Gasteiger partial charge in [0.15, 0.2) is 15.7 Å². The number of rotatable bonds is 7. The molecule has 194 valence electrons. The van der Waals surface area contributed by atoms with E-state index in [-0.39, 0.29) is 29.6 Å². The highest BCUT2D eigenvalue weighted by atomic mass is 32.2. The number of halogens is 3. The summed E-state index contributed by atoms with van der Waals surface area (Å²) in [6.45, 7) is 1.90. The van der Waals surface area contributed by atoms with Crippen molar-refractivity contribution in [2.24, 2.45) is 0 Å². The first-order valence-corrected chi connectivity index (χ1v) is 13.7. The fraction of sp³-hybridized carbons (Fsp3) is 0.522. The van der Waals surface area contributed by atoms with Crippen molar-refractivity contribution in [3.05, 3.63) is 30.1 Å². The van der Waals surface area contributed by atoms with Crippen molar-refractivity contribution in [2.45, 2.75) is 68.2 Å². The highest BCUT2D eigenvalue weighted by molar-refractivity contribution is 7.90. The van der Waals surface area contributed by atoms with E-state index in [9.17, 15) is 21.6 Å². The second-order valence-electron chi connectivity index (χ2n) is 9.73. The molecule has 13 heteroatoms. The largest absolute Gasteiger partial charge is 0.390 e. The number of nitrogens with zero attached hydrogens (tertiary/aromatic N) is 4. The molecule has 0 spiro atoms. The molecule has 2 aliphatic heterocycles. The molecule has 9 nitrogen and oxygen atoms in total. The zero-order chi connectivity index (χ0) is 25.7. The summed E-state index contributed by atoms with van der Waals surface area (Å²) >= 11 is 0. The lowest BCUT2D eigenvalue weighted by molar-refractivity contribution is -0.140. The van der Waals surface area contributed by atoms with E-state index in [2.05, 4.69) is 25.8 Å². The van der Waals surface area contributed by atoms with Gasteiger partial charge in [-0.05, 0) is 38.7 Å². The van der Waals surface area contributed by atoms with Crippen LogP contribution in [-0.4, -0.2) is 70.6 Å². The first-order valence-electron chi connectivity index (χ1n) is 11.8. The van der Waals surface area contributed by atoms with Crippen LogP contribution in [-0.2, 0) is 9.84 Å². The fourth-order valence-electron chi connectivity index (χ4n) is 5.30. The van der Waals surface area contributed by atoms with Crippen molar-refractivity contribution in [1.29, 1.82) is 0 Å². The molecule has 3 aromatic heterocycles. The molecule has 1 unspecified atom stereocenters. The second kappa shape index (κ2) is 9.18. The lowest BCUT2D eigenvalue weighted by Gasteiger charge is -2.39. The molecule has 5 heterocycles. The van der Waals surface area contributed by atoms with Gasteiger partial charge in [0.1, 0.15) is 11.6 Å². The monoisotopic (exact) mass is 523 g/mol. The Labute approximate surface area is 206 Å². The van der Waals surface area contributed by atoms with Gasteiger partial charge in [0.05, 0.1) is 16.8 Å². The molecule has 0 amide bonds. The molecule has 3 atom stereocenters. The van der Waals surface area contributed by atoms with Crippen LogP contribution in [0.5, 0.6) is 0 Å². The highest BCUT2D eigenvalue weighted by Crippen LogP contribution is 2.38. The van der Waals surface area contributed by atoms with Gasteiger partial charge in [-0.1, -0.05) is 0 Å². The molecular weight excluding hydrogens is 495 g/mol. The normalized spacial score (nSPS) is 22.8. The molecule has 0 aromatic carbocycles. The van der Waals surface area contributed by atoms with Gasteiger partial charge in [-0.3, -0.25) is 15.0 Å². The Morgan fingerprint density at radius 1 is 1.14 bits per heavy atom. The van der Waals surface area contributed by atoms with Crippen LogP contribution < -0.4 is 10.6 Å². The van der Waals surface area contributed by atoms with Crippen molar-refractivity contribution in [3.63, 3.8) is 0 Å². The number of pyridine rings is 2. The number of aromatic nitrogens is 4. The molecule has 2 fully saturated rings. The van der Waals surface area contributed by atoms with E-state index < -0.39 is 22.4 Å². The molecular formula is C23H28F3N7O2S. The van der Waals surface area contributed by atoms with E-state index in [4.69, 9.17) is 4.98 Å². The minimum Gasteiger partial charge on any atom is -0.367 e. The maximum absolute atomic E-state index is 12.8. The van der Waals surface area contributed by atoms with Crippen LogP contribution in [0.1, 0.15) is 37.8 Å². The third kappa shape index (κ3) is 5.41. The van der Waals surface area contributed by atoms with Crippen LogP contribution in [0.25, 0.3) is 10.9 Å². The fourth-order valence-corrected chi connectivity index (χ4v) is 5.88. The predicted octanol–water partition coefficient (Wildman–Crippen LogP) is 4.17. The molecule has 3 N–H and O–H groups in total. The van der Waals surface area contributed by atoms with Gasteiger partial charge >= 0.3 is 6.18 Å². The van der Waals surface area contributed by atoms with E-state index in [0.717, 1.165) is 24.8 Å². The third-order valence-corrected chi connectivity index (χ3v) is 8.00. The second-order valence-corrected chi connectivity index (χ2v) is 11.7. The average Bonchev–Trinajstić information content (AvgIpc) is 3.29. The van der Waals surface area contributed by atoms with E-state index in [0.29, 0.717) is 41.2 Å². The van der Waals surface area contributed by atoms with Crippen molar-refractivity contribution >= 4 is 38.2 Å². The minimum atomic E-state index is -4.16. The molecule has 3 aromatic rings. The zero-order valence-corrected chi connectivity index (χ0v) is 20.7. The summed E-state index contributed by atoms with van der Waals surface area (Å²) in [5, 5.41) is 14.2. The molecule has 2 saturated heterocycles. The quantitative estimate of drug-likeness (QED) is 0.423. The van der Waals surface area contributed by atoms with Crippen LogP contribution in [0.3, 0.4) is 0 Å². The Hall–Kier alpha value is -2.93. The number of sulfone groups is 1.